The van der Waals surface area contributed by atoms with E-state index in [1.807, 2.05) is 43.3 Å². The molecule has 1 aliphatic heterocycles. The van der Waals surface area contributed by atoms with Crippen LogP contribution in [0.2, 0.25) is 0 Å². The van der Waals surface area contributed by atoms with Gasteiger partial charge >= 0.3 is 0 Å². The Labute approximate surface area is 147 Å². The summed E-state index contributed by atoms with van der Waals surface area (Å²) in [6.07, 6.45) is 1.77. The van der Waals surface area contributed by atoms with Gasteiger partial charge in [-0.15, -0.1) is 0 Å². The molecule has 2 heterocycles. The van der Waals surface area contributed by atoms with Gasteiger partial charge in [0.05, 0.1) is 13.2 Å². The normalized spacial score (nSPS) is 14.2. The van der Waals surface area contributed by atoms with E-state index in [0.717, 1.165) is 30.0 Å². The molecule has 1 N–H and O–H groups in total. The molecule has 0 atom stereocenters. The van der Waals surface area contributed by atoms with Crippen molar-refractivity contribution in [2.45, 2.75) is 13.5 Å². The zero-order valence-electron chi connectivity index (χ0n) is 14.4. The SMILES string of the molecule is Cc1ccc(OCC(=O)NCc2cccnc2N2CCOCC2)cc1. The van der Waals surface area contributed by atoms with E-state index in [2.05, 4.69) is 15.2 Å². The van der Waals surface area contributed by atoms with Crippen LogP contribution in [0.3, 0.4) is 0 Å². The maximum absolute atomic E-state index is 12.1. The third-order valence-corrected chi connectivity index (χ3v) is 4.05. The van der Waals surface area contributed by atoms with Crippen molar-refractivity contribution in [2.24, 2.45) is 0 Å². The minimum atomic E-state index is -0.155. The first-order valence-corrected chi connectivity index (χ1v) is 8.45. The van der Waals surface area contributed by atoms with Crippen LogP contribution in [-0.4, -0.2) is 43.8 Å². The smallest absolute Gasteiger partial charge is 0.258 e. The molecule has 0 bridgehead atoms. The minimum Gasteiger partial charge on any atom is -0.484 e. The Morgan fingerprint density at radius 3 is 2.76 bits per heavy atom. The maximum atomic E-state index is 12.1. The number of morpholine rings is 1. The molecule has 1 saturated heterocycles. The van der Waals surface area contributed by atoms with Crippen molar-refractivity contribution < 1.29 is 14.3 Å². The van der Waals surface area contributed by atoms with Gasteiger partial charge < -0.3 is 19.7 Å². The number of ether oxygens (including phenoxy) is 2. The molecule has 132 valence electrons. The number of hydrogen-bond acceptors (Lipinski definition) is 5. The second-order valence-corrected chi connectivity index (χ2v) is 5.96. The first-order valence-electron chi connectivity index (χ1n) is 8.45. The van der Waals surface area contributed by atoms with Gasteiger partial charge in [-0.3, -0.25) is 4.79 Å². The van der Waals surface area contributed by atoms with Gasteiger partial charge in [0.1, 0.15) is 11.6 Å². The molecule has 2 aromatic rings. The number of amides is 1. The fourth-order valence-electron chi connectivity index (χ4n) is 2.66. The van der Waals surface area contributed by atoms with Gasteiger partial charge in [-0.05, 0) is 25.1 Å². The van der Waals surface area contributed by atoms with Crippen LogP contribution >= 0.6 is 0 Å². The van der Waals surface area contributed by atoms with Crippen molar-refractivity contribution in [3.63, 3.8) is 0 Å². The van der Waals surface area contributed by atoms with Crippen molar-refractivity contribution in [2.75, 3.05) is 37.8 Å². The largest absolute Gasteiger partial charge is 0.484 e. The summed E-state index contributed by atoms with van der Waals surface area (Å²) in [5.74, 6) is 1.44. The Hall–Kier alpha value is -2.60. The highest BCUT2D eigenvalue weighted by molar-refractivity contribution is 5.77. The van der Waals surface area contributed by atoms with E-state index in [1.54, 1.807) is 6.20 Å². The zero-order valence-corrected chi connectivity index (χ0v) is 14.4. The molecule has 1 amide bonds. The summed E-state index contributed by atoms with van der Waals surface area (Å²) in [5.41, 5.74) is 2.15. The number of aryl methyl sites for hydroxylation is 1. The Bertz CT molecular complexity index is 697. The van der Waals surface area contributed by atoms with Crippen LogP contribution < -0.4 is 15.0 Å². The highest BCUT2D eigenvalue weighted by atomic mass is 16.5. The predicted octanol–water partition coefficient (Wildman–Crippen LogP) is 1.92. The summed E-state index contributed by atoms with van der Waals surface area (Å²) in [5, 5.41) is 2.90. The van der Waals surface area contributed by atoms with E-state index >= 15 is 0 Å². The number of aromatic nitrogens is 1. The summed E-state index contributed by atoms with van der Waals surface area (Å²) < 4.78 is 10.9. The fraction of sp³-hybridized carbons (Fsp3) is 0.368. The second kappa shape index (κ2) is 8.48. The Balaban J connectivity index is 1.52. The van der Waals surface area contributed by atoms with E-state index in [1.165, 1.54) is 0 Å². The van der Waals surface area contributed by atoms with Crippen LogP contribution in [0.5, 0.6) is 5.75 Å². The van der Waals surface area contributed by atoms with Gasteiger partial charge in [-0.2, -0.15) is 0 Å². The van der Waals surface area contributed by atoms with Crippen molar-refractivity contribution in [1.82, 2.24) is 10.3 Å². The number of nitrogens with one attached hydrogen (secondary N) is 1. The first-order chi connectivity index (χ1) is 12.2. The van der Waals surface area contributed by atoms with Gasteiger partial charge in [0.15, 0.2) is 6.61 Å². The number of carbonyl (C=O) groups excluding carboxylic acids is 1. The van der Waals surface area contributed by atoms with Gasteiger partial charge in [-0.25, -0.2) is 4.98 Å². The van der Waals surface area contributed by atoms with Gasteiger partial charge in [-0.1, -0.05) is 23.8 Å². The summed E-state index contributed by atoms with van der Waals surface area (Å²) in [6, 6.07) is 11.5. The number of rotatable bonds is 6. The molecule has 0 unspecified atom stereocenters. The number of carbonyl (C=O) groups is 1. The van der Waals surface area contributed by atoms with Crippen molar-refractivity contribution in [3.8, 4) is 5.75 Å². The number of anilines is 1. The van der Waals surface area contributed by atoms with Crippen LogP contribution in [0.25, 0.3) is 0 Å². The average molecular weight is 341 g/mol. The molecule has 3 rings (SSSR count). The lowest BCUT2D eigenvalue weighted by Crippen LogP contribution is -2.38. The van der Waals surface area contributed by atoms with E-state index < -0.39 is 0 Å². The summed E-state index contributed by atoms with van der Waals surface area (Å²) in [6.45, 7) is 5.46. The van der Waals surface area contributed by atoms with Crippen LogP contribution in [0.1, 0.15) is 11.1 Å². The van der Waals surface area contributed by atoms with Crippen LogP contribution in [0.15, 0.2) is 42.6 Å². The topological polar surface area (TPSA) is 63.7 Å². The predicted molar refractivity (Wildman–Crippen MR) is 95.8 cm³/mol. The quantitative estimate of drug-likeness (QED) is 0.870. The first kappa shape index (κ1) is 17.2. The van der Waals surface area contributed by atoms with Crippen molar-refractivity contribution in [1.29, 1.82) is 0 Å². The monoisotopic (exact) mass is 341 g/mol. The van der Waals surface area contributed by atoms with Crippen LogP contribution in [-0.2, 0) is 16.1 Å². The van der Waals surface area contributed by atoms with Crippen LogP contribution in [0.4, 0.5) is 5.82 Å². The minimum absolute atomic E-state index is 0.00376. The highest BCUT2D eigenvalue weighted by Crippen LogP contribution is 2.18. The molecule has 25 heavy (non-hydrogen) atoms. The standard InChI is InChI=1S/C19H23N3O3/c1-15-4-6-17(7-5-15)25-14-18(23)21-13-16-3-2-8-20-19(16)22-9-11-24-12-10-22/h2-8H,9-14H2,1H3,(H,21,23). The van der Waals surface area contributed by atoms with Crippen molar-refractivity contribution in [3.05, 3.63) is 53.7 Å². The third-order valence-electron chi connectivity index (χ3n) is 4.05. The van der Waals surface area contributed by atoms with E-state index in [4.69, 9.17) is 9.47 Å². The Kier molecular flexibility index (Phi) is 5.85. The molecule has 0 spiro atoms. The Morgan fingerprint density at radius 2 is 2.00 bits per heavy atom. The number of pyridine rings is 1. The summed E-state index contributed by atoms with van der Waals surface area (Å²) in [7, 11) is 0. The third kappa shape index (κ3) is 4.93. The van der Waals surface area contributed by atoms with E-state index in [9.17, 15) is 4.79 Å². The molecule has 1 aromatic heterocycles. The molecular weight excluding hydrogens is 318 g/mol. The van der Waals surface area contributed by atoms with E-state index in [-0.39, 0.29) is 12.5 Å². The number of hydrogen-bond donors (Lipinski definition) is 1. The molecule has 0 radical (unpaired) electrons. The molecule has 0 aliphatic carbocycles. The molecule has 1 aliphatic rings. The second-order valence-electron chi connectivity index (χ2n) is 5.96. The summed E-state index contributed by atoms with van der Waals surface area (Å²) in [4.78, 5) is 18.7. The maximum Gasteiger partial charge on any atom is 0.258 e. The molecule has 6 nitrogen and oxygen atoms in total. The van der Waals surface area contributed by atoms with Gasteiger partial charge in [0, 0.05) is 31.4 Å². The Morgan fingerprint density at radius 1 is 1.24 bits per heavy atom. The molecule has 6 heteroatoms. The molecule has 0 saturated carbocycles. The lowest BCUT2D eigenvalue weighted by molar-refractivity contribution is -0.123. The lowest BCUT2D eigenvalue weighted by Gasteiger charge is -2.29. The van der Waals surface area contributed by atoms with Crippen LogP contribution in [0, 0.1) is 6.92 Å². The fourth-order valence-corrected chi connectivity index (χ4v) is 2.66. The lowest BCUT2D eigenvalue weighted by atomic mass is 10.2. The average Bonchev–Trinajstić information content (AvgIpc) is 2.67. The molecule has 1 fully saturated rings. The molecular formula is C19H23N3O3. The van der Waals surface area contributed by atoms with Gasteiger partial charge in [0.2, 0.25) is 0 Å². The van der Waals surface area contributed by atoms with Crippen molar-refractivity contribution >= 4 is 11.7 Å². The highest BCUT2D eigenvalue weighted by Gasteiger charge is 2.16. The molecule has 1 aromatic carbocycles. The van der Waals surface area contributed by atoms with E-state index in [0.29, 0.717) is 25.5 Å². The number of nitrogens with zero attached hydrogens (tertiary/aromatic N) is 2. The zero-order chi connectivity index (χ0) is 17.5. The number of benzene rings is 1. The van der Waals surface area contributed by atoms with Gasteiger partial charge in [0.25, 0.3) is 5.91 Å². The summed E-state index contributed by atoms with van der Waals surface area (Å²) >= 11 is 0.